The molecule has 3 nitrogen and oxygen atoms in total. The molecule has 1 aliphatic heterocycles. The van der Waals surface area contributed by atoms with Crippen molar-refractivity contribution in [2.24, 2.45) is 5.92 Å². The number of hydrogen-bond acceptors (Lipinski definition) is 3. The van der Waals surface area contributed by atoms with Gasteiger partial charge in [0.05, 0.1) is 0 Å². The summed E-state index contributed by atoms with van der Waals surface area (Å²) in [6.07, 6.45) is 4.28. The normalized spacial score (nSPS) is 21.7. The average molecular weight is 176 g/mol. The van der Waals surface area contributed by atoms with E-state index in [0.717, 1.165) is 25.1 Å². The highest BCUT2D eigenvalue weighted by molar-refractivity contribution is 5.98. The third kappa shape index (κ3) is 1.75. The van der Waals surface area contributed by atoms with Gasteiger partial charge in [-0.25, -0.2) is 0 Å². The van der Waals surface area contributed by atoms with E-state index in [4.69, 9.17) is 0 Å². The van der Waals surface area contributed by atoms with Crippen molar-refractivity contribution >= 4 is 5.78 Å². The third-order valence-corrected chi connectivity index (χ3v) is 2.40. The summed E-state index contributed by atoms with van der Waals surface area (Å²) >= 11 is 0. The van der Waals surface area contributed by atoms with Crippen LogP contribution >= 0.6 is 0 Å². The van der Waals surface area contributed by atoms with Gasteiger partial charge < -0.3 is 5.32 Å². The van der Waals surface area contributed by atoms with E-state index in [1.807, 2.05) is 0 Å². The zero-order valence-corrected chi connectivity index (χ0v) is 7.36. The number of rotatable bonds is 2. The molecular weight excluding hydrogens is 164 g/mol. The molecule has 0 saturated carbocycles. The summed E-state index contributed by atoms with van der Waals surface area (Å²) < 4.78 is 0. The fraction of sp³-hybridized carbons (Fsp3) is 0.400. The van der Waals surface area contributed by atoms with Crippen molar-refractivity contribution in [2.45, 2.75) is 6.42 Å². The van der Waals surface area contributed by atoms with Gasteiger partial charge in [-0.2, -0.15) is 0 Å². The number of carbonyl (C=O) groups is 1. The number of hydrogen-bond donors (Lipinski definition) is 1. The molecule has 1 atom stereocenters. The van der Waals surface area contributed by atoms with Gasteiger partial charge in [-0.15, -0.1) is 0 Å². The molecule has 1 aliphatic rings. The summed E-state index contributed by atoms with van der Waals surface area (Å²) in [5.74, 6) is 0.412. The highest BCUT2D eigenvalue weighted by Crippen LogP contribution is 2.14. The molecule has 1 fully saturated rings. The third-order valence-electron chi connectivity index (χ3n) is 2.40. The molecule has 0 amide bonds. The van der Waals surface area contributed by atoms with Crippen LogP contribution in [0.4, 0.5) is 0 Å². The Morgan fingerprint density at radius 3 is 2.85 bits per heavy atom. The fourth-order valence-electron chi connectivity index (χ4n) is 1.63. The van der Waals surface area contributed by atoms with Crippen LogP contribution in [-0.2, 0) is 0 Å². The number of aromatic nitrogens is 1. The predicted octanol–water partition coefficient (Wildman–Crippen LogP) is 0.874. The average Bonchev–Trinajstić information content (AvgIpc) is 2.71. The van der Waals surface area contributed by atoms with E-state index < -0.39 is 0 Å². The first kappa shape index (κ1) is 8.38. The Morgan fingerprint density at radius 2 is 2.23 bits per heavy atom. The Bertz CT molecular complexity index is 291. The molecule has 68 valence electrons. The molecule has 1 N–H and O–H groups in total. The summed E-state index contributed by atoms with van der Waals surface area (Å²) in [5, 5.41) is 3.19. The second-order valence-corrected chi connectivity index (χ2v) is 3.29. The SMILES string of the molecule is O=C(c1ccncc1)[C@H]1CCNC1. The van der Waals surface area contributed by atoms with E-state index in [1.54, 1.807) is 24.5 Å². The molecule has 1 saturated heterocycles. The van der Waals surface area contributed by atoms with E-state index in [2.05, 4.69) is 10.3 Å². The standard InChI is InChI=1S/C10H12N2O/c13-10(9-3-6-12-7-9)8-1-4-11-5-2-8/h1-2,4-5,9,12H,3,6-7H2/t9-/m0/s1. The van der Waals surface area contributed by atoms with E-state index in [1.165, 1.54) is 0 Å². The van der Waals surface area contributed by atoms with Gasteiger partial charge in [-0.05, 0) is 25.1 Å². The monoisotopic (exact) mass is 176 g/mol. The highest BCUT2D eigenvalue weighted by Gasteiger charge is 2.22. The molecule has 0 bridgehead atoms. The summed E-state index contributed by atoms with van der Waals surface area (Å²) in [6, 6.07) is 3.56. The van der Waals surface area contributed by atoms with Gasteiger partial charge in [0.25, 0.3) is 0 Å². The van der Waals surface area contributed by atoms with E-state index >= 15 is 0 Å². The van der Waals surface area contributed by atoms with Crippen LogP contribution in [0.5, 0.6) is 0 Å². The van der Waals surface area contributed by atoms with Crippen molar-refractivity contribution in [2.75, 3.05) is 13.1 Å². The molecule has 0 aliphatic carbocycles. The summed E-state index contributed by atoms with van der Waals surface area (Å²) in [4.78, 5) is 15.7. The number of pyridine rings is 1. The summed E-state index contributed by atoms with van der Waals surface area (Å²) in [5.41, 5.74) is 0.781. The Labute approximate surface area is 77.2 Å². The number of carbonyl (C=O) groups excluding carboxylic acids is 1. The fourth-order valence-corrected chi connectivity index (χ4v) is 1.63. The minimum Gasteiger partial charge on any atom is -0.316 e. The molecule has 2 heterocycles. The molecule has 1 aromatic heterocycles. The van der Waals surface area contributed by atoms with Crippen molar-refractivity contribution in [1.82, 2.24) is 10.3 Å². The van der Waals surface area contributed by atoms with Gasteiger partial charge in [-0.1, -0.05) is 0 Å². The van der Waals surface area contributed by atoms with Gasteiger partial charge >= 0.3 is 0 Å². The lowest BCUT2D eigenvalue weighted by atomic mass is 9.98. The number of nitrogens with zero attached hydrogens (tertiary/aromatic N) is 1. The molecule has 0 spiro atoms. The first-order chi connectivity index (χ1) is 6.38. The maximum Gasteiger partial charge on any atom is 0.167 e. The Morgan fingerprint density at radius 1 is 1.46 bits per heavy atom. The number of ketones is 1. The second kappa shape index (κ2) is 3.66. The first-order valence-electron chi connectivity index (χ1n) is 4.53. The van der Waals surface area contributed by atoms with Crippen molar-refractivity contribution in [3.8, 4) is 0 Å². The molecule has 2 rings (SSSR count). The number of Topliss-reactive ketones (excluding diaryl/α,β-unsaturated/α-hetero) is 1. The van der Waals surface area contributed by atoms with Crippen molar-refractivity contribution in [3.63, 3.8) is 0 Å². The lowest BCUT2D eigenvalue weighted by Crippen LogP contribution is -2.17. The van der Waals surface area contributed by atoms with Crippen LogP contribution in [0.2, 0.25) is 0 Å². The Balaban J connectivity index is 2.13. The van der Waals surface area contributed by atoms with Gasteiger partial charge in [-0.3, -0.25) is 9.78 Å². The maximum absolute atomic E-state index is 11.8. The maximum atomic E-state index is 11.8. The molecule has 0 radical (unpaired) electrons. The summed E-state index contributed by atoms with van der Waals surface area (Å²) in [6.45, 7) is 1.78. The van der Waals surface area contributed by atoms with E-state index in [9.17, 15) is 4.79 Å². The van der Waals surface area contributed by atoms with Gasteiger partial charge in [0.2, 0.25) is 0 Å². The van der Waals surface area contributed by atoms with Crippen LogP contribution in [-0.4, -0.2) is 23.9 Å². The molecule has 0 aromatic carbocycles. The quantitative estimate of drug-likeness (QED) is 0.680. The van der Waals surface area contributed by atoms with E-state index in [0.29, 0.717) is 0 Å². The van der Waals surface area contributed by atoms with Gasteiger partial charge in [0.1, 0.15) is 0 Å². The van der Waals surface area contributed by atoms with Crippen molar-refractivity contribution in [1.29, 1.82) is 0 Å². The van der Waals surface area contributed by atoms with Crippen LogP contribution in [0.15, 0.2) is 24.5 Å². The predicted molar refractivity (Wildman–Crippen MR) is 49.5 cm³/mol. The van der Waals surface area contributed by atoms with Crippen LogP contribution in [0.3, 0.4) is 0 Å². The zero-order valence-electron chi connectivity index (χ0n) is 7.36. The number of nitrogens with one attached hydrogen (secondary N) is 1. The summed E-state index contributed by atoms with van der Waals surface area (Å²) in [7, 11) is 0. The topological polar surface area (TPSA) is 42.0 Å². The van der Waals surface area contributed by atoms with Crippen LogP contribution in [0, 0.1) is 5.92 Å². The van der Waals surface area contributed by atoms with Crippen molar-refractivity contribution in [3.05, 3.63) is 30.1 Å². The molecule has 13 heavy (non-hydrogen) atoms. The minimum absolute atomic E-state index is 0.169. The van der Waals surface area contributed by atoms with E-state index in [-0.39, 0.29) is 11.7 Å². The van der Waals surface area contributed by atoms with Crippen LogP contribution in [0.25, 0.3) is 0 Å². The van der Waals surface area contributed by atoms with Gasteiger partial charge in [0, 0.05) is 30.4 Å². The Kier molecular flexibility index (Phi) is 2.36. The van der Waals surface area contributed by atoms with Crippen LogP contribution in [0.1, 0.15) is 16.8 Å². The largest absolute Gasteiger partial charge is 0.316 e. The van der Waals surface area contributed by atoms with Crippen molar-refractivity contribution < 1.29 is 4.79 Å². The minimum atomic E-state index is 0.169. The lowest BCUT2D eigenvalue weighted by Gasteiger charge is -2.05. The first-order valence-corrected chi connectivity index (χ1v) is 4.53. The molecule has 3 heteroatoms. The van der Waals surface area contributed by atoms with Crippen LogP contribution < -0.4 is 5.32 Å². The lowest BCUT2D eigenvalue weighted by molar-refractivity contribution is 0.0930. The smallest absolute Gasteiger partial charge is 0.167 e. The Hall–Kier alpha value is -1.22. The second-order valence-electron chi connectivity index (χ2n) is 3.29. The zero-order chi connectivity index (χ0) is 9.10. The van der Waals surface area contributed by atoms with Gasteiger partial charge in [0.15, 0.2) is 5.78 Å². The molecule has 1 aromatic rings. The molecular formula is C10H12N2O. The highest BCUT2D eigenvalue weighted by atomic mass is 16.1. The molecule has 0 unspecified atom stereocenters.